The molecule has 6 nitrogen and oxygen atoms in total. The van der Waals surface area contributed by atoms with Gasteiger partial charge in [0, 0.05) is 11.4 Å². The average molecular weight is 305 g/mol. The zero-order chi connectivity index (χ0) is 14.9. The fourth-order valence-electron chi connectivity index (χ4n) is 2.41. The standard InChI is InChI=1S/C14H19N5OS/c1-14(9-15,10-4-5-10)16-13(20)12-8-19(18-17-12)7-11-3-2-6-21-11/h2-3,6,8,10H,4-5,7,9,15H2,1H3,(H,16,20). The highest BCUT2D eigenvalue weighted by atomic mass is 32.1. The van der Waals surface area contributed by atoms with Crippen molar-refractivity contribution in [2.45, 2.75) is 31.8 Å². The minimum Gasteiger partial charge on any atom is -0.344 e. The van der Waals surface area contributed by atoms with Gasteiger partial charge in [-0.05, 0) is 37.1 Å². The molecule has 0 spiro atoms. The lowest BCUT2D eigenvalue weighted by atomic mass is 9.96. The second-order valence-corrected chi connectivity index (χ2v) is 6.76. The molecule has 2 aromatic rings. The molecule has 0 saturated heterocycles. The van der Waals surface area contributed by atoms with Gasteiger partial charge in [0.15, 0.2) is 5.69 Å². The lowest BCUT2D eigenvalue weighted by molar-refractivity contribution is 0.0892. The zero-order valence-corrected chi connectivity index (χ0v) is 12.8. The van der Waals surface area contributed by atoms with Crippen LogP contribution in [-0.4, -0.2) is 33.0 Å². The number of carbonyl (C=O) groups excluding carboxylic acids is 1. The van der Waals surface area contributed by atoms with Crippen molar-refractivity contribution in [1.29, 1.82) is 0 Å². The fraction of sp³-hybridized carbons (Fsp3) is 0.500. The van der Waals surface area contributed by atoms with E-state index in [2.05, 4.69) is 15.6 Å². The lowest BCUT2D eigenvalue weighted by Gasteiger charge is -2.28. The molecule has 7 heteroatoms. The summed E-state index contributed by atoms with van der Waals surface area (Å²) in [6.07, 6.45) is 3.93. The van der Waals surface area contributed by atoms with Crippen LogP contribution in [0.1, 0.15) is 35.1 Å². The third kappa shape index (κ3) is 3.14. The topological polar surface area (TPSA) is 85.8 Å². The Kier molecular flexibility index (Phi) is 3.77. The number of aromatic nitrogens is 3. The number of hydrogen-bond donors (Lipinski definition) is 2. The molecule has 1 fully saturated rings. The fourth-order valence-corrected chi connectivity index (χ4v) is 3.10. The Hall–Kier alpha value is -1.73. The summed E-state index contributed by atoms with van der Waals surface area (Å²) >= 11 is 1.66. The molecule has 112 valence electrons. The molecule has 1 amide bonds. The van der Waals surface area contributed by atoms with E-state index >= 15 is 0 Å². The van der Waals surface area contributed by atoms with Gasteiger partial charge in [0.2, 0.25) is 0 Å². The second-order valence-electron chi connectivity index (χ2n) is 5.73. The van der Waals surface area contributed by atoms with E-state index in [9.17, 15) is 4.79 Å². The van der Waals surface area contributed by atoms with Crippen molar-refractivity contribution in [2.75, 3.05) is 6.54 Å². The van der Waals surface area contributed by atoms with Gasteiger partial charge in [-0.2, -0.15) is 0 Å². The van der Waals surface area contributed by atoms with E-state index in [4.69, 9.17) is 5.73 Å². The maximum absolute atomic E-state index is 12.3. The molecule has 1 aliphatic rings. The molecule has 0 bridgehead atoms. The molecule has 2 heterocycles. The predicted molar refractivity (Wildman–Crippen MR) is 81.1 cm³/mol. The summed E-state index contributed by atoms with van der Waals surface area (Å²) < 4.78 is 1.68. The van der Waals surface area contributed by atoms with Gasteiger partial charge in [0.05, 0.1) is 18.3 Å². The maximum atomic E-state index is 12.3. The molecule has 0 radical (unpaired) electrons. The van der Waals surface area contributed by atoms with Gasteiger partial charge in [0.25, 0.3) is 5.91 Å². The molecule has 0 aromatic carbocycles. The highest BCUT2D eigenvalue weighted by molar-refractivity contribution is 7.09. The second kappa shape index (κ2) is 5.57. The van der Waals surface area contributed by atoms with Crippen molar-refractivity contribution in [2.24, 2.45) is 11.7 Å². The molecule has 3 rings (SSSR count). The Morgan fingerprint density at radius 1 is 1.62 bits per heavy atom. The minimum atomic E-state index is -0.339. The molecule has 3 N–H and O–H groups in total. The molecular formula is C14H19N5OS. The minimum absolute atomic E-state index is 0.202. The highest BCUT2D eigenvalue weighted by Crippen LogP contribution is 2.39. The first-order valence-electron chi connectivity index (χ1n) is 7.06. The van der Waals surface area contributed by atoms with Crippen molar-refractivity contribution < 1.29 is 4.79 Å². The summed E-state index contributed by atoms with van der Waals surface area (Å²) in [5.74, 6) is 0.278. The quantitative estimate of drug-likeness (QED) is 0.841. The van der Waals surface area contributed by atoms with Crippen LogP contribution in [0.5, 0.6) is 0 Å². The average Bonchev–Trinajstić information content (AvgIpc) is 3.03. The van der Waals surface area contributed by atoms with Crippen molar-refractivity contribution in [1.82, 2.24) is 20.3 Å². The molecule has 1 unspecified atom stereocenters. The number of thiophene rings is 1. The predicted octanol–water partition coefficient (Wildman–Crippen LogP) is 1.25. The van der Waals surface area contributed by atoms with Crippen molar-refractivity contribution >= 4 is 17.2 Å². The van der Waals surface area contributed by atoms with Crippen molar-refractivity contribution in [3.8, 4) is 0 Å². The first-order chi connectivity index (χ1) is 10.1. The number of nitrogens with two attached hydrogens (primary N) is 1. The third-order valence-electron chi connectivity index (χ3n) is 3.97. The normalized spacial score (nSPS) is 17.4. The number of rotatable bonds is 6. The van der Waals surface area contributed by atoms with E-state index in [1.165, 1.54) is 4.88 Å². The molecule has 1 atom stereocenters. The Labute approximate surface area is 127 Å². The first-order valence-corrected chi connectivity index (χ1v) is 7.94. The highest BCUT2D eigenvalue weighted by Gasteiger charge is 2.41. The van der Waals surface area contributed by atoms with Crippen molar-refractivity contribution in [3.63, 3.8) is 0 Å². The molecular weight excluding hydrogens is 286 g/mol. The van der Waals surface area contributed by atoms with Crippen LogP contribution in [0.3, 0.4) is 0 Å². The zero-order valence-electron chi connectivity index (χ0n) is 12.0. The summed E-state index contributed by atoms with van der Waals surface area (Å²) in [4.78, 5) is 13.5. The molecule has 1 saturated carbocycles. The first kappa shape index (κ1) is 14.2. The van der Waals surface area contributed by atoms with Crippen LogP contribution in [0.2, 0.25) is 0 Å². The Balaban J connectivity index is 1.66. The Morgan fingerprint density at radius 3 is 3.05 bits per heavy atom. The summed E-state index contributed by atoms with van der Waals surface area (Å²) in [5.41, 5.74) is 5.82. The number of hydrogen-bond acceptors (Lipinski definition) is 5. The van der Waals surface area contributed by atoms with Gasteiger partial charge in [-0.1, -0.05) is 11.3 Å². The van der Waals surface area contributed by atoms with Crippen LogP contribution in [0, 0.1) is 5.92 Å². The third-order valence-corrected chi connectivity index (χ3v) is 4.83. The van der Waals surface area contributed by atoms with Gasteiger partial charge in [0.1, 0.15) is 0 Å². The monoisotopic (exact) mass is 305 g/mol. The number of amides is 1. The summed E-state index contributed by atoms with van der Waals surface area (Å²) in [7, 11) is 0. The molecule has 2 aromatic heterocycles. The van der Waals surface area contributed by atoms with Gasteiger partial charge >= 0.3 is 0 Å². The Bertz CT molecular complexity index is 619. The summed E-state index contributed by atoms with van der Waals surface area (Å²) in [6, 6.07) is 4.03. The van der Waals surface area contributed by atoms with Gasteiger partial charge in [-0.3, -0.25) is 4.79 Å². The van der Waals surface area contributed by atoms with Crippen LogP contribution in [0.4, 0.5) is 0 Å². The lowest BCUT2D eigenvalue weighted by Crippen LogP contribution is -2.53. The SMILES string of the molecule is CC(CN)(NC(=O)c1cn(Cc2cccs2)nn1)C1CC1. The van der Waals surface area contributed by atoms with Gasteiger partial charge < -0.3 is 11.1 Å². The van der Waals surface area contributed by atoms with Crippen LogP contribution in [-0.2, 0) is 6.54 Å². The summed E-state index contributed by atoms with van der Waals surface area (Å²) in [6.45, 7) is 3.07. The van der Waals surface area contributed by atoms with E-state index in [-0.39, 0.29) is 11.4 Å². The van der Waals surface area contributed by atoms with E-state index in [0.29, 0.717) is 24.7 Å². The van der Waals surface area contributed by atoms with Gasteiger partial charge in [-0.25, -0.2) is 4.68 Å². The largest absolute Gasteiger partial charge is 0.344 e. The summed E-state index contributed by atoms with van der Waals surface area (Å²) in [5, 5.41) is 13.0. The van der Waals surface area contributed by atoms with Crippen LogP contribution >= 0.6 is 11.3 Å². The smallest absolute Gasteiger partial charge is 0.273 e. The van der Waals surface area contributed by atoms with E-state index < -0.39 is 0 Å². The maximum Gasteiger partial charge on any atom is 0.273 e. The van der Waals surface area contributed by atoms with Crippen LogP contribution in [0.25, 0.3) is 0 Å². The van der Waals surface area contributed by atoms with Gasteiger partial charge in [-0.15, -0.1) is 16.4 Å². The molecule has 0 aliphatic heterocycles. The molecule has 21 heavy (non-hydrogen) atoms. The van der Waals surface area contributed by atoms with E-state index in [0.717, 1.165) is 12.8 Å². The van der Waals surface area contributed by atoms with Crippen LogP contribution < -0.4 is 11.1 Å². The van der Waals surface area contributed by atoms with E-state index in [1.54, 1.807) is 22.2 Å². The number of nitrogens with one attached hydrogen (secondary N) is 1. The van der Waals surface area contributed by atoms with Crippen molar-refractivity contribution in [3.05, 3.63) is 34.3 Å². The Morgan fingerprint density at radius 2 is 2.43 bits per heavy atom. The molecule has 1 aliphatic carbocycles. The van der Waals surface area contributed by atoms with Crippen LogP contribution in [0.15, 0.2) is 23.7 Å². The number of carbonyl (C=O) groups is 1. The van der Waals surface area contributed by atoms with E-state index in [1.807, 2.05) is 24.4 Å². The number of nitrogens with zero attached hydrogens (tertiary/aromatic N) is 3.